The van der Waals surface area contributed by atoms with Crippen molar-refractivity contribution in [2.24, 2.45) is 0 Å². The van der Waals surface area contributed by atoms with Crippen molar-refractivity contribution in [1.29, 1.82) is 0 Å². The molecule has 0 saturated carbocycles. The Balaban J connectivity index is 2.21. The van der Waals surface area contributed by atoms with E-state index in [2.05, 4.69) is 6.07 Å². The summed E-state index contributed by atoms with van der Waals surface area (Å²) in [4.78, 5) is 13.8. The lowest BCUT2D eigenvalue weighted by Crippen LogP contribution is -2.33. The first-order valence-electron chi connectivity index (χ1n) is 6.44. The van der Waals surface area contributed by atoms with Gasteiger partial charge in [-0.25, -0.2) is 4.79 Å². The maximum atomic E-state index is 12.1. The molecule has 1 heterocycles. The summed E-state index contributed by atoms with van der Waals surface area (Å²) in [6.45, 7) is 10.8. The second-order valence-corrected chi connectivity index (χ2v) is 6.48. The van der Waals surface area contributed by atoms with Crippen molar-refractivity contribution in [3.63, 3.8) is 0 Å². The van der Waals surface area contributed by atoms with Crippen LogP contribution < -0.4 is 0 Å². The molecule has 0 aliphatic carbocycles. The fraction of sp³-hybridized carbons (Fsp3) is 0.533. The second kappa shape index (κ2) is 4.71. The number of amides is 1. The number of benzene rings is 1. The van der Waals surface area contributed by atoms with E-state index in [1.165, 1.54) is 5.56 Å². The molecule has 0 radical (unpaired) electrons. The monoisotopic (exact) mass is 281 g/mol. The highest BCUT2D eigenvalue weighted by Gasteiger charge is 2.29. The van der Waals surface area contributed by atoms with Crippen LogP contribution >= 0.6 is 11.6 Å². The average molecular weight is 282 g/mol. The van der Waals surface area contributed by atoms with Crippen LogP contribution in [0.5, 0.6) is 0 Å². The van der Waals surface area contributed by atoms with Gasteiger partial charge in [0.1, 0.15) is 5.60 Å². The van der Waals surface area contributed by atoms with E-state index in [4.69, 9.17) is 16.3 Å². The zero-order valence-corrected chi connectivity index (χ0v) is 12.9. The molecule has 3 nitrogen and oxygen atoms in total. The van der Waals surface area contributed by atoms with Gasteiger partial charge in [-0.15, -0.1) is 0 Å². The standard InChI is InChI=1S/C15H20ClNO2/c1-9-6-11-7-17(14(18)19-15(3,4)5)8-12(11)10(2)13(9)16/h6H,7-8H2,1-5H3. The van der Waals surface area contributed by atoms with E-state index < -0.39 is 5.60 Å². The van der Waals surface area contributed by atoms with Gasteiger partial charge in [0, 0.05) is 11.6 Å². The molecule has 0 atom stereocenters. The van der Waals surface area contributed by atoms with Crippen molar-refractivity contribution in [3.05, 3.63) is 33.3 Å². The van der Waals surface area contributed by atoms with Gasteiger partial charge in [0.2, 0.25) is 0 Å². The highest BCUT2D eigenvalue weighted by Crippen LogP contribution is 2.33. The number of hydrogen-bond donors (Lipinski definition) is 0. The van der Waals surface area contributed by atoms with Crippen LogP contribution in [-0.2, 0) is 17.8 Å². The largest absolute Gasteiger partial charge is 0.444 e. The Morgan fingerprint density at radius 3 is 2.53 bits per heavy atom. The minimum atomic E-state index is -0.464. The van der Waals surface area contributed by atoms with Gasteiger partial charge in [-0.1, -0.05) is 17.7 Å². The van der Waals surface area contributed by atoms with Crippen molar-refractivity contribution < 1.29 is 9.53 Å². The molecule has 1 amide bonds. The average Bonchev–Trinajstić information content (AvgIpc) is 2.68. The summed E-state index contributed by atoms with van der Waals surface area (Å²) in [7, 11) is 0. The predicted octanol–water partition coefficient (Wildman–Crippen LogP) is 4.21. The summed E-state index contributed by atoms with van der Waals surface area (Å²) in [5.41, 5.74) is 3.99. The Morgan fingerprint density at radius 1 is 1.32 bits per heavy atom. The predicted molar refractivity (Wildman–Crippen MR) is 76.4 cm³/mol. The first-order chi connectivity index (χ1) is 8.69. The fourth-order valence-corrected chi connectivity index (χ4v) is 2.52. The molecule has 2 rings (SSSR count). The molecule has 1 aliphatic rings. The van der Waals surface area contributed by atoms with E-state index >= 15 is 0 Å². The molecule has 1 aliphatic heterocycles. The molecule has 4 heteroatoms. The Kier molecular flexibility index (Phi) is 3.52. The van der Waals surface area contributed by atoms with Crippen LogP contribution in [0.4, 0.5) is 4.79 Å². The first kappa shape index (κ1) is 14.2. The lowest BCUT2D eigenvalue weighted by atomic mass is 10.0. The van der Waals surface area contributed by atoms with E-state index in [-0.39, 0.29) is 6.09 Å². The number of fused-ring (bicyclic) bond motifs is 1. The van der Waals surface area contributed by atoms with Gasteiger partial charge in [0.05, 0.1) is 6.54 Å². The molecule has 1 aromatic carbocycles. The van der Waals surface area contributed by atoms with E-state index in [1.807, 2.05) is 34.6 Å². The van der Waals surface area contributed by atoms with Gasteiger partial charge in [0.25, 0.3) is 0 Å². The van der Waals surface area contributed by atoms with E-state index in [9.17, 15) is 4.79 Å². The Labute approximate surface area is 119 Å². The molecule has 0 saturated heterocycles. The fourth-order valence-electron chi connectivity index (χ4n) is 2.35. The Bertz CT molecular complexity index is 532. The van der Waals surface area contributed by atoms with Crippen LogP contribution in [0.3, 0.4) is 0 Å². The Morgan fingerprint density at radius 2 is 1.95 bits per heavy atom. The van der Waals surface area contributed by atoms with Crippen molar-refractivity contribution in [3.8, 4) is 0 Å². The third-order valence-corrected chi connectivity index (χ3v) is 3.85. The SMILES string of the molecule is Cc1cc2c(c(C)c1Cl)CN(C(=O)OC(C)(C)C)C2. The van der Waals surface area contributed by atoms with Crippen LogP contribution in [0, 0.1) is 13.8 Å². The van der Waals surface area contributed by atoms with Crippen molar-refractivity contribution in [2.75, 3.05) is 0 Å². The molecular weight excluding hydrogens is 262 g/mol. The second-order valence-electron chi connectivity index (χ2n) is 6.11. The normalized spacial score (nSPS) is 14.5. The lowest BCUT2D eigenvalue weighted by Gasteiger charge is -2.24. The summed E-state index contributed by atoms with van der Waals surface area (Å²) in [6, 6.07) is 2.06. The number of nitrogens with zero attached hydrogens (tertiary/aromatic N) is 1. The van der Waals surface area contributed by atoms with Gasteiger partial charge in [-0.2, -0.15) is 0 Å². The number of ether oxygens (including phenoxy) is 1. The minimum Gasteiger partial charge on any atom is -0.444 e. The minimum absolute atomic E-state index is 0.267. The van der Waals surface area contributed by atoms with E-state index in [1.54, 1.807) is 4.90 Å². The van der Waals surface area contributed by atoms with Crippen LogP contribution in [0.25, 0.3) is 0 Å². The number of rotatable bonds is 0. The van der Waals surface area contributed by atoms with Crippen molar-refractivity contribution in [2.45, 2.75) is 53.3 Å². The van der Waals surface area contributed by atoms with Gasteiger partial charge in [0.15, 0.2) is 0 Å². The number of carbonyl (C=O) groups is 1. The van der Waals surface area contributed by atoms with Crippen LogP contribution in [0.15, 0.2) is 6.07 Å². The van der Waals surface area contributed by atoms with Gasteiger partial charge in [-0.05, 0) is 56.9 Å². The molecule has 0 N–H and O–H groups in total. The number of halogens is 1. The summed E-state index contributed by atoms with van der Waals surface area (Å²) in [5, 5.41) is 0.796. The summed E-state index contributed by atoms with van der Waals surface area (Å²) < 4.78 is 5.41. The van der Waals surface area contributed by atoms with Crippen molar-refractivity contribution in [1.82, 2.24) is 4.90 Å². The molecule has 104 valence electrons. The molecule has 1 aromatic rings. The van der Waals surface area contributed by atoms with Gasteiger partial charge < -0.3 is 4.74 Å². The maximum Gasteiger partial charge on any atom is 0.410 e. The number of carbonyl (C=O) groups excluding carboxylic acids is 1. The summed E-state index contributed by atoms with van der Waals surface area (Å²) in [5.74, 6) is 0. The number of hydrogen-bond acceptors (Lipinski definition) is 2. The molecule has 19 heavy (non-hydrogen) atoms. The molecule has 0 unspecified atom stereocenters. The van der Waals surface area contributed by atoms with Crippen LogP contribution in [-0.4, -0.2) is 16.6 Å². The zero-order valence-electron chi connectivity index (χ0n) is 12.1. The quantitative estimate of drug-likeness (QED) is 0.713. The van der Waals surface area contributed by atoms with Gasteiger partial charge in [-0.3, -0.25) is 4.90 Å². The Hall–Kier alpha value is -1.22. The van der Waals surface area contributed by atoms with E-state index in [0.29, 0.717) is 13.1 Å². The topological polar surface area (TPSA) is 29.5 Å². The van der Waals surface area contributed by atoms with Crippen LogP contribution in [0.2, 0.25) is 5.02 Å². The van der Waals surface area contributed by atoms with Gasteiger partial charge >= 0.3 is 6.09 Å². The van der Waals surface area contributed by atoms with Crippen LogP contribution in [0.1, 0.15) is 43.0 Å². The lowest BCUT2D eigenvalue weighted by molar-refractivity contribution is 0.0241. The molecule has 0 spiro atoms. The molecular formula is C15H20ClNO2. The summed E-state index contributed by atoms with van der Waals surface area (Å²) in [6.07, 6.45) is -0.267. The molecule has 0 aromatic heterocycles. The first-order valence-corrected chi connectivity index (χ1v) is 6.82. The maximum absolute atomic E-state index is 12.1. The number of aryl methyl sites for hydroxylation is 1. The smallest absolute Gasteiger partial charge is 0.410 e. The highest BCUT2D eigenvalue weighted by atomic mass is 35.5. The molecule has 0 fully saturated rings. The van der Waals surface area contributed by atoms with Crippen molar-refractivity contribution >= 4 is 17.7 Å². The van der Waals surface area contributed by atoms with E-state index in [0.717, 1.165) is 21.7 Å². The third kappa shape index (κ3) is 2.86. The summed E-state index contributed by atoms with van der Waals surface area (Å²) >= 11 is 6.26. The zero-order chi connectivity index (χ0) is 14.4. The molecule has 0 bridgehead atoms. The third-order valence-electron chi connectivity index (χ3n) is 3.27. The highest BCUT2D eigenvalue weighted by molar-refractivity contribution is 6.32.